The van der Waals surface area contributed by atoms with E-state index in [0.29, 0.717) is 19.0 Å². The monoisotopic (exact) mass is 329 g/mol. The highest BCUT2D eigenvalue weighted by molar-refractivity contribution is 7.16. The van der Waals surface area contributed by atoms with Gasteiger partial charge in [0.05, 0.1) is 11.9 Å². The summed E-state index contributed by atoms with van der Waals surface area (Å²) in [6.45, 7) is 0.722. The molecule has 0 fully saturated rings. The Morgan fingerprint density at radius 3 is 2.87 bits per heavy atom. The lowest BCUT2D eigenvalue weighted by Crippen LogP contribution is -2.32. The van der Waals surface area contributed by atoms with Crippen LogP contribution in [0.25, 0.3) is 10.2 Å². The van der Waals surface area contributed by atoms with Crippen molar-refractivity contribution >= 4 is 27.5 Å². The molecule has 7 heteroatoms. The van der Waals surface area contributed by atoms with E-state index in [1.165, 1.54) is 17.7 Å². The van der Waals surface area contributed by atoms with Crippen LogP contribution in [0.3, 0.4) is 0 Å². The number of carbonyl (C=O) groups excluding carboxylic acids is 1. The topological polar surface area (TPSA) is 73.3 Å². The number of nitrogens with zero attached hydrogens (tertiary/aromatic N) is 2. The maximum absolute atomic E-state index is 11.8. The summed E-state index contributed by atoms with van der Waals surface area (Å²) < 4.78 is 10.9. The number of benzene rings is 1. The lowest BCUT2D eigenvalue weighted by atomic mass is 10.3. The van der Waals surface area contributed by atoms with Crippen LogP contribution in [0.1, 0.15) is 0 Å². The maximum Gasteiger partial charge on any atom is 0.258 e. The molecular weight excluding hydrogens is 314 g/mol. The largest absolute Gasteiger partial charge is 0.492 e. The third-order valence-corrected chi connectivity index (χ3v) is 3.82. The van der Waals surface area contributed by atoms with Gasteiger partial charge in [-0.15, -0.1) is 11.3 Å². The molecule has 0 spiro atoms. The van der Waals surface area contributed by atoms with Gasteiger partial charge in [-0.05, 0) is 23.6 Å². The van der Waals surface area contributed by atoms with Gasteiger partial charge in [0, 0.05) is 0 Å². The summed E-state index contributed by atoms with van der Waals surface area (Å²) >= 11 is 1.50. The molecule has 0 aliphatic heterocycles. The second-order valence-electron chi connectivity index (χ2n) is 4.62. The summed E-state index contributed by atoms with van der Waals surface area (Å²) in [4.78, 5) is 20.8. The van der Waals surface area contributed by atoms with E-state index in [-0.39, 0.29) is 12.5 Å². The number of nitrogens with one attached hydrogen (secondary N) is 1. The molecule has 0 unspecified atom stereocenters. The van der Waals surface area contributed by atoms with E-state index in [0.717, 1.165) is 16.0 Å². The molecular formula is C16H15N3O3S. The van der Waals surface area contributed by atoms with Gasteiger partial charge in [0.15, 0.2) is 6.61 Å². The van der Waals surface area contributed by atoms with E-state index in [2.05, 4.69) is 15.3 Å². The predicted molar refractivity (Wildman–Crippen MR) is 87.9 cm³/mol. The molecule has 2 heterocycles. The van der Waals surface area contributed by atoms with Crippen molar-refractivity contribution in [1.29, 1.82) is 0 Å². The standard InChI is InChI=1S/C16H15N3O3S/c20-14(17-7-8-21-12-4-2-1-3-5-12)10-22-15-13-6-9-23-16(13)19-11-18-15/h1-6,9,11H,7-8,10H2,(H,17,20). The molecule has 1 aromatic carbocycles. The molecule has 1 N–H and O–H groups in total. The minimum Gasteiger partial charge on any atom is -0.492 e. The third kappa shape index (κ3) is 4.17. The molecule has 0 aliphatic rings. The summed E-state index contributed by atoms with van der Waals surface area (Å²) in [7, 11) is 0. The summed E-state index contributed by atoms with van der Waals surface area (Å²) in [5.41, 5.74) is 0. The first-order valence-electron chi connectivity index (χ1n) is 7.08. The summed E-state index contributed by atoms with van der Waals surface area (Å²) in [6, 6.07) is 11.3. The average molecular weight is 329 g/mol. The first-order chi connectivity index (χ1) is 11.3. The number of rotatable bonds is 7. The van der Waals surface area contributed by atoms with E-state index in [4.69, 9.17) is 9.47 Å². The molecule has 0 saturated carbocycles. The minimum atomic E-state index is -0.219. The predicted octanol–water partition coefficient (Wildman–Crippen LogP) is 2.27. The highest BCUT2D eigenvalue weighted by Crippen LogP contribution is 2.25. The number of thiophene rings is 1. The van der Waals surface area contributed by atoms with Gasteiger partial charge < -0.3 is 14.8 Å². The van der Waals surface area contributed by atoms with Crippen molar-refractivity contribution in [2.45, 2.75) is 0 Å². The summed E-state index contributed by atoms with van der Waals surface area (Å²) in [5, 5.41) is 5.46. The van der Waals surface area contributed by atoms with Crippen LogP contribution in [-0.4, -0.2) is 35.6 Å². The van der Waals surface area contributed by atoms with Crippen molar-refractivity contribution in [2.24, 2.45) is 0 Å². The molecule has 3 rings (SSSR count). The van der Waals surface area contributed by atoms with Crippen LogP contribution >= 0.6 is 11.3 Å². The molecule has 3 aromatic rings. The number of para-hydroxylation sites is 1. The smallest absolute Gasteiger partial charge is 0.258 e. The van der Waals surface area contributed by atoms with Crippen LogP contribution in [-0.2, 0) is 4.79 Å². The Morgan fingerprint density at radius 2 is 2.00 bits per heavy atom. The van der Waals surface area contributed by atoms with Crippen LogP contribution in [0, 0.1) is 0 Å². The van der Waals surface area contributed by atoms with Gasteiger partial charge in [-0.25, -0.2) is 9.97 Å². The Kier molecular flexibility index (Phi) is 5.00. The van der Waals surface area contributed by atoms with Crippen LogP contribution in [0.2, 0.25) is 0 Å². The Labute approximate surface area is 137 Å². The van der Waals surface area contributed by atoms with Gasteiger partial charge in [-0.3, -0.25) is 4.79 Å². The Balaban J connectivity index is 1.41. The average Bonchev–Trinajstić information content (AvgIpc) is 3.07. The van der Waals surface area contributed by atoms with Gasteiger partial charge in [0.25, 0.3) is 5.91 Å². The van der Waals surface area contributed by atoms with Gasteiger partial charge in [-0.1, -0.05) is 18.2 Å². The zero-order valence-electron chi connectivity index (χ0n) is 12.3. The fourth-order valence-corrected chi connectivity index (χ4v) is 2.67. The first-order valence-corrected chi connectivity index (χ1v) is 7.96. The number of amides is 1. The molecule has 0 saturated heterocycles. The van der Waals surface area contributed by atoms with Gasteiger partial charge in [-0.2, -0.15) is 0 Å². The fraction of sp³-hybridized carbons (Fsp3) is 0.188. The molecule has 0 atom stereocenters. The zero-order chi connectivity index (χ0) is 15.9. The van der Waals surface area contributed by atoms with Crippen LogP contribution in [0.5, 0.6) is 11.6 Å². The molecule has 6 nitrogen and oxygen atoms in total. The highest BCUT2D eigenvalue weighted by Gasteiger charge is 2.08. The lowest BCUT2D eigenvalue weighted by Gasteiger charge is -2.08. The molecule has 0 bridgehead atoms. The van der Waals surface area contributed by atoms with Crippen molar-refractivity contribution in [1.82, 2.24) is 15.3 Å². The molecule has 23 heavy (non-hydrogen) atoms. The Bertz CT molecular complexity index is 776. The normalized spacial score (nSPS) is 10.4. The van der Waals surface area contributed by atoms with Crippen LogP contribution < -0.4 is 14.8 Å². The Morgan fingerprint density at radius 1 is 1.13 bits per heavy atom. The molecule has 1 amide bonds. The van der Waals surface area contributed by atoms with Gasteiger partial charge in [0.1, 0.15) is 23.5 Å². The van der Waals surface area contributed by atoms with E-state index in [1.54, 1.807) is 0 Å². The molecule has 2 aromatic heterocycles. The van der Waals surface area contributed by atoms with E-state index in [1.807, 2.05) is 41.8 Å². The molecule has 0 radical (unpaired) electrons. The lowest BCUT2D eigenvalue weighted by molar-refractivity contribution is -0.123. The van der Waals surface area contributed by atoms with Gasteiger partial charge >= 0.3 is 0 Å². The number of carbonyl (C=O) groups is 1. The second-order valence-corrected chi connectivity index (χ2v) is 5.51. The number of hydrogen-bond acceptors (Lipinski definition) is 6. The maximum atomic E-state index is 11.8. The number of hydrogen-bond donors (Lipinski definition) is 1. The SMILES string of the molecule is O=C(COc1ncnc2sccc12)NCCOc1ccccc1. The molecule has 0 aliphatic carbocycles. The minimum absolute atomic E-state index is 0.0900. The highest BCUT2D eigenvalue weighted by atomic mass is 32.1. The fourth-order valence-electron chi connectivity index (χ4n) is 1.94. The first kappa shape index (κ1) is 15.2. The summed E-state index contributed by atoms with van der Waals surface area (Å²) in [6.07, 6.45) is 1.43. The van der Waals surface area contributed by atoms with Crippen molar-refractivity contribution < 1.29 is 14.3 Å². The van der Waals surface area contributed by atoms with Crippen molar-refractivity contribution in [3.63, 3.8) is 0 Å². The van der Waals surface area contributed by atoms with Crippen molar-refractivity contribution in [2.75, 3.05) is 19.8 Å². The quantitative estimate of drug-likeness (QED) is 0.673. The van der Waals surface area contributed by atoms with Crippen molar-refractivity contribution in [3.8, 4) is 11.6 Å². The third-order valence-electron chi connectivity index (χ3n) is 3.00. The zero-order valence-corrected chi connectivity index (χ0v) is 13.1. The van der Waals surface area contributed by atoms with Crippen LogP contribution in [0.15, 0.2) is 48.1 Å². The van der Waals surface area contributed by atoms with Crippen LogP contribution in [0.4, 0.5) is 0 Å². The number of fused-ring (bicyclic) bond motifs is 1. The molecule has 118 valence electrons. The van der Waals surface area contributed by atoms with Gasteiger partial charge in [0.2, 0.25) is 5.88 Å². The van der Waals surface area contributed by atoms with E-state index in [9.17, 15) is 4.79 Å². The number of ether oxygens (including phenoxy) is 2. The second kappa shape index (κ2) is 7.55. The van der Waals surface area contributed by atoms with E-state index < -0.39 is 0 Å². The van der Waals surface area contributed by atoms with Crippen molar-refractivity contribution in [3.05, 3.63) is 48.1 Å². The Hall–Kier alpha value is -2.67. The summed E-state index contributed by atoms with van der Waals surface area (Å²) in [5.74, 6) is 0.981. The van der Waals surface area contributed by atoms with E-state index >= 15 is 0 Å². The number of aromatic nitrogens is 2.